The van der Waals surface area contributed by atoms with Crippen molar-refractivity contribution in [2.24, 2.45) is 0 Å². The Hall–Kier alpha value is -3.52. The molecule has 1 amide bonds. The Morgan fingerprint density at radius 3 is 1.91 bits per heavy atom. The highest BCUT2D eigenvalue weighted by Gasteiger charge is 2.33. The standard InChI is InChI=1S/C25H21ClF3NO4/c26-21-13-19(11-12-20(21)25(27,28)29)14-22(23(31)33-15-17-7-3-1-4-8-17)30-24(32)34-16-18-9-5-2-6-10-18/h1-13,22H,14-16H2,(H,30,32). The van der Waals surface area contributed by atoms with Crippen LogP contribution in [0, 0.1) is 0 Å². The zero-order valence-electron chi connectivity index (χ0n) is 17.8. The minimum atomic E-state index is -4.61. The van der Waals surface area contributed by atoms with E-state index in [1.54, 1.807) is 48.5 Å². The number of hydrogen-bond donors (Lipinski definition) is 1. The van der Waals surface area contributed by atoms with Crippen LogP contribution < -0.4 is 5.32 Å². The third-order valence-electron chi connectivity index (χ3n) is 4.79. The number of benzene rings is 3. The maximum atomic E-state index is 13.0. The molecular formula is C25H21ClF3NO4. The summed E-state index contributed by atoms with van der Waals surface area (Å²) in [5.74, 6) is -0.767. The minimum absolute atomic E-state index is 0.0232. The second kappa shape index (κ2) is 11.6. The predicted molar refractivity (Wildman–Crippen MR) is 120 cm³/mol. The Morgan fingerprint density at radius 1 is 0.824 bits per heavy atom. The number of carbonyl (C=O) groups excluding carboxylic acids is 2. The number of hydrogen-bond acceptors (Lipinski definition) is 4. The topological polar surface area (TPSA) is 64.6 Å². The van der Waals surface area contributed by atoms with E-state index >= 15 is 0 Å². The molecule has 3 aromatic rings. The van der Waals surface area contributed by atoms with Gasteiger partial charge in [0.25, 0.3) is 0 Å². The van der Waals surface area contributed by atoms with E-state index in [-0.39, 0.29) is 19.6 Å². The van der Waals surface area contributed by atoms with Crippen molar-refractivity contribution in [2.75, 3.05) is 0 Å². The van der Waals surface area contributed by atoms with Gasteiger partial charge in [0.15, 0.2) is 0 Å². The van der Waals surface area contributed by atoms with Crippen LogP contribution in [0.5, 0.6) is 0 Å². The van der Waals surface area contributed by atoms with E-state index < -0.39 is 34.9 Å². The summed E-state index contributed by atoms with van der Waals surface area (Å²) in [6.07, 6.45) is -5.63. The van der Waals surface area contributed by atoms with Crippen LogP contribution in [-0.4, -0.2) is 18.1 Å². The molecule has 1 N–H and O–H groups in total. The van der Waals surface area contributed by atoms with Gasteiger partial charge in [0.05, 0.1) is 10.6 Å². The number of nitrogens with one attached hydrogen (secondary N) is 1. The zero-order chi connectivity index (χ0) is 24.6. The molecule has 0 radical (unpaired) electrons. The van der Waals surface area contributed by atoms with E-state index in [2.05, 4.69) is 5.32 Å². The highest BCUT2D eigenvalue weighted by Crippen LogP contribution is 2.35. The van der Waals surface area contributed by atoms with Crippen molar-refractivity contribution < 1.29 is 32.2 Å². The van der Waals surface area contributed by atoms with Crippen LogP contribution >= 0.6 is 11.6 Å². The maximum absolute atomic E-state index is 13.0. The molecule has 3 aromatic carbocycles. The van der Waals surface area contributed by atoms with Crippen LogP contribution in [0.4, 0.5) is 18.0 Å². The molecule has 9 heteroatoms. The van der Waals surface area contributed by atoms with Gasteiger partial charge in [0.1, 0.15) is 19.3 Å². The summed E-state index contributed by atoms with van der Waals surface area (Å²) in [4.78, 5) is 25.1. The molecule has 0 aliphatic carbocycles. The Balaban J connectivity index is 1.70. The van der Waals surface area contributed by atoms with Crippen molar-refractivity contribution in [1.29, 1.82) is 0 Å². The summed E-state index contributed by atoms with van der Waals surface area (Å²) < 4.78 is 49.5. The van der Waals surface area contributed by atoms with Crippen molar-refractivity contribution >= 4 is 23.7 Å². The molecule has 0 saturated heterocycles. The van der Waals surface area contributed by atoms with Gasteiger partial charge in [0, 0.05) is 6.42 Å². The van der Waals surface area contributed by atoms with E-state index in [4.69, 9.17) is 21.1 Å². The van der Waals surface area contributed by atoms with Crippen LogP contribution in [-0.2, 0) is 40.1 Å². The molecule has 0 heterocycles. The molecule has 1 unspecified atom stereocenters. The lowest BCUT2D eigenvalue weighted by atomic mass is 10.0. The maximum Gasteiger partial charge on any atom is 0.417 e. The average Bonchev–Trinajstić information content (AvgIpc) is 2.81. The van der Waals surface area contributed by atoms with Crippen LogP contribution in [0.2, 0.25) is 5.02 Å². The van der Waals surface area contributed by atoms with Crippen molar-refractivity contribution in [1.82, 2.24) is 5.32 Å². The summed E-state index contributed by atoms with van der Waals surface area (Å²) in [6.45, 7) is -0.0603. The third kappa shape index (κ3) is 7.52. The second-order valence-corrected chi connectivity index (χ2v) is 7.78. The van der Waals surface area contributed by atoms with Crippen molar-refractivity contribution in [3.05, 3.63) is 106 Å². The van der Waals surface area contributed by atoms with Crippen molar-refractivity contribution in [2.45, 2.75) is 31.9 Å². The Bertz CT molecular complexity index is 1110. The van der Waals surface area contributed by atoms with E-state index in [0.717, 1.165) is 23.3 Å². The number of carbonyl (C=O) groups is 2. The van der Waals surface area contributed by atoms with Gasteiger partial charge in [-0.1, -0.05) is 78.3 Å². The van der Waals surface area contributed by atoms with Gasteiger partial charge in [0.2, 0.25) is 0 Å². The summed E-state index contributed by atoms with van der Waals surface area (Å²) >= 11 is 5.79. The number of alkyl halides is 3. The first-order valence-corrected chi connectivity index (χ1v) is 10.6. The quantitative estimate of drug-likeness (QED) is 0.396. The fraction of sp³-hybridized carbons (Fsp3) is 0.200. The first-order valence-electron chi connectivity index (χ1n) is 10.3. The van der Waals surface area contributed by atoms with Gasteiger partial charge < -0.3 is 14.8 Å². The van der Waals surface area contributed by atoms with Gasteiger partial charge in [-0.05, 0) is 28.8 Å². The normalized spacial score (nSPS) is 12.0. The average molecular weight is 492 g/mol. The number of ether oxygens (including phenoxy) is 2. The summed E-state index contributed by atoms with van der Waals surface area (Å²) in [5.41, 5.74) is 0.800. The minimum Gasteiger partial charge on any atom is -0.459 e. The monoisotopic (exact) mass is 491 g/mol. The van der Waals surface area contributed by atoms with E-state index in [0.29, 0.717) is 5.56 Å². The van der Waals surface area contributed by atoms with Crippen LogP contribution in [0.1, 0.15) is 22.3 Å². The smallest absolute Gasteiger partial charge is 0.417 e. The molecule has 0 aliphatic rings. The second-order valence-electron chi connectivity index (χ2n) is 7.37. The molecule has 0 spiro atoms. The SMILES string of the molecule is O=C(NC(Cc1ccc(C(F)(F)F)c(Cl)c1)C(=O)OCc1ccccc1)OCc1ccccc1. The molecule has 34 heavy (non-hydrogen) atoms. The molecule has 0 fully saturated rings. The first-order chi connectivity index (χ1) is 16.2. The molecule has 3 rings (SSSR count). The largest absolute Gasteiger partial charge is 0.459 e. The highest BCUT2D eigenvalue weighted by atomic mass is 35.5. The number of halogens is 4. The lowest BCUT2D eigenvalue weighted by Gasteiger charge is -2.19. The van der Waals surface area contributed by atoms with Crippen LogP contribution in [0.25, 0.3) is 0 Å². The van der Waals surface area contributed by atoms with Crippen molar-refractivity contribution in [3.63, 3.8) is 0 Å². The molecule has 0 bridgehead atoms. The Morgan fingerprint density at radius 2 is 1.38 bits per heavy atom. The van der Waals surface area contributed by atoms with Gasteiger partial charge in [-0.2, -0.15) is 13.2 Å². The van der Waals surface area contributed by atoms with Gasteiger partial charge in [-0.3, -0.25) is 0 Å². The Labute approximate surface area is 199 Å². The molecular weight excluding hydrogens is 471 g/mol. The first kappa shape index (κ1) is 25.1. The molecule has 0 saturated carbocycles. The molecule has 0 aliphatic heterocycles. The van der Waals surface area contributed by atoms with E-state index in [1.165, 1.54) is 6.07 Å². The van der Waals surface area contributed by atoms with Crippen LogP contribution in [0.15, 0.2) is 78.9 Å². The Kier molecular flexibility index (Phi) is 8.54. The number of amides is 1. The zero-order valence-corrected chi connectivity index (χ0v) is 18.6. The highest BCUT2D eigenvalue weighted by molar-refractivity contribution is 6.31. The molecule has 0 aromatic heterocycles. The molecule has 5 nitrogen and oxygen atoms in total. The number of esters is 1. The predicted octanol–water partition coefficient (Wildman–Crippen LogP) is 5.94. The van der Waals surface area contributed by atoms with Gasteiger partial charge >= 0.3 is 18.2 Å². The molecule has 1 atom stereocenters. The van der Waals surface area contributed by atoms with E-state index in [1.807, 2.05) is 12.1 Å². The fourth-order valence-electron chi connectivity index (χ4n) is 3.08. The van der Waals surface area contributed by atoms with E-state index in [9.17, 15) is 22.8 Å². The van der Waals surface area contributed by atoms with Gasteiger partial charge in [-0.15, -0.1) is 0 Å². The lowest BCUT2D eigenvalue weighted by molar-refractivity contribution is -0.147. The van der Waals surface area contributed by atoms with Crippen LogP contribution in [0.3, 0.4) is 0 Å². The van der Waals surface area contributed by atoms with Gasteiger partial charge in [-0.25, -0.2) is 9.59 Å². The summed E-state index contributed by atoms with van der Waals surface area (Å²) in [7, 11) is 0. The number of rotatable bonds is 8. The lowest BCUT2D eigenvalue weighted by Crippen LogP contribution is -2.43. The fourth-order valence-corrected chi connectivity index (χ4v) is 3.39. The van der Waals surface area contributed by atoms with Crippen molar-refractivity contribution in [3.8, 4) is 0 Å². The third-order valence-corrected chi connectivity index (χ3v) is 5.10. The summed E-state index contributed by atoms with van der Waals surface area (Å²) in [5, 5.41) is 1.93. The number of alkyl carbamates (subject to hydrolysis) is 1. The summed E-state index contributed by atoms with van der Waals surface area (Å²) in [6, 6.07) is 19.8. The molecule has 178 valence electrons.